The Hall–Kier alpha value is -1.88. The van der Waals surface area contributed by atoms with E-state index in [0.29, 0.717) is 12.8 Å². The van der Waals surface area contributed by atoms with Gasteiger partial charge in [-0.3, -0.25) is 19.8 Å². The van der Waals surface area contributed by atoms with E-state index in [1.807, 2.05) is 0 Å². The largest absolute Gasteiger partial charge is 0.369 e. The second-order valence-electron chi connectivity index (χ2n) is 7.91. The van der Waals surface area contributed by atoms with Crippen LogP contribution < -0.4 is 10.2 Å². The van der Waals surface area contributed by atoms with E-state index in [1.54, 1.807) is 0 Å². The highest BCUT2D eigenvalue weighted by atomic mass is 16.2. The van der Waals surface area contributed by atoms with Gasteiger partial charge in [-0.2, -0.15) is 0 Å². The van der Waals surface area contributed by atoms with Crippen LogP contribution >= 0.6 is 0 Å². The van der Waals surface area contributed by atoms with Gasteiger partial charge in [-0.15, -0.1) is 0 Å². The number of hydrogen-bond donors (Lipinski definition) is 1. The van der Waals surface area contributed by atoms with Crippen LogP contribution in [0.5, 0.6) is 0 Å². The fourth-order valence-corrected chi connectivity index (χ4v) is 4.72. The summed E-state index contributed by atoms with van der Waals surface area (Å²) in [6.45, 7) is 4.46. The van der Waals surface area contributed by atoms with E-state index in [1.165, 1.54) is 37.8 Å². The van der Waals surface area contributed by atoms with Gasteiger partial charge in [0.2, 0.25) is 11.8 Å². The van der Waals surface area contributed by atoms with Crippen molar-refractivity contribution in [1.82, 2.24) is 10.2 Å². The zero-order chi connectivity index (χ0) is 17.9. The number of carbonyl (C=O) groups excluding carboxylic acids is 2. The molecule has 1 N–H and O–H groups in total. The summed E-state index contributed by atoms with van der Waals surface area (Å²) in [7, 11) is 0. The molecule has 1 atom stereocenters. The van der Waals surface area contributed by atoms with Crippen molar-refractivity contribution in [2.75, 3.05) is 31.1 Å². The average molecular weight is 355 g/mol. The molecule has 140 valence electrons. The molecule has 0 aromatic heterocycles. The van der Waals surface area contributed by atoms with E-state index in [9.17, 15) is 9.59 Å². The second kappa shape index (κ2) is 7.78. The first-order valence-electron chi connectivity index (χ1n) is 10.1. The molecule has 3 fully saturated rings. The molecule has 1 aromatic carbocycles. The minimum absolute atomic E-state index is 0.154. The number of benzene rings is 1. The van der Waals surface area contributed by atoms with E-state index in [0.717, 1.165) is 37.8 Å². The Morgan fingerprint density at radius 2 is 1.54 bits per heavy atom. The van der Waals surface area contributed by atoms with Gasteiger partial charge in [0, 0.05) is 44.3 Å². The Morgan fingerprint density at radius 3 is 2.19 bits per heavy atom. The van der Waals surface area contributed by atoms with Crippen LogP contribution in [-0.4, -0.2) is 48.9 Å². The lowest BCUT2D eigenvalue weighted by Crippen LogP contribution is -2.50. The summed E-state index contributed by atoms with van der Waals surface area (Å²) >= 11 is 0. The first-order chi connectivity index (χ1) is 12.7. The number of hydrogen-bond acceptors (Lipinski definition) is 4. The lowest BCUT2D eigenvalue weighted by atomic mass is 9.90. The number of imide groups is 1. The zero-order valence-corrected chi connectivity index (χ0v) is 15.5. The Morgan fingerprint density at radius 1 is 0.846 bits per heavy atom. The third-order valence-electron chi connectivity index (χ3n) is 6.31. The first-order valence-corrected chi connectivity index (χ1v) is 10.1. The summed E-state index contributed by atoms with van der Waals surface area (Å²) in [5.74, 6) is -0.501. The van der Waals surface area contributed by atoms with Crippen molar-refractivity contribution >= 4 is 17.5 Å². The Kier molecular flexibility index (Phi) is 5.25. The maximum absolute atomic E-state index is 12.0. The highest BCUT2D eigenvalue weighted by Crippen LogP contribution is 2.28. The number of piperidine rings is 1. The van der Waals surface area contributed by atoms with Crippen LogP contribution in [0.1, 0.15) is 56.4 Å². The number of amides is 2. The number of nitrogens with zero attached hydrogens (tertiary/aromatic N) is 2. The van der Waals surface area contributed by atoms with Crippen LogP contribution in [0.3, 0.4) is 0 Å². The molecule has 0 radical (unpaired) electrons. The monoisotopic (exact) mass is 355 g/mol. The number of carbonyl (C=O) groups is 2. The Labute approximate surface area is 155 Å². The number of rotatable bonds is 3. The van der Waals surface area contributed by atoms with Crippen LogP contribution in [0, 0.1) is 0 Å². The van der Waals surface area contributed by atoms with Gasteiger partial charge in [0.15, 0.2) is 0 Å². The van der Waals surface area contributed by atoms with Gasteiger partial charge in [-0.25, -0.2) is 0 Å². The summed E-state index contributed by atoms with van der Waals surface area (Å²) < 4.78 is 0. The van der Waals surface area contributed by atoms with Crippen molar-refractivity contribution in [3.05, 3.63) is 29.8 Å². The van der Waals surface area contributed by atoms with Gasteiger partial charge < -0.3 is 4.90 Å². The molecular weight excluding hydrogens is 326 g/mol. The molecule has 1 aromatic rings. The topological polar surface area (TPSA) is 52.7 Å². The highest BCUT2D eigenvalue weighted by Gasteiger charge is 2.28. The highest BCUT2D eigenvalue weighted by molar-refractivity contribution is 6.00. The van der Waals surface area contributed by atoms with E-state index in [2.05, 4.69) is 39.4 Å². The van der Waals surface area contributed by atoms with Crippen LogP contribution in [0.25, 0.3) is 0 Å². The van der Waals surface area contributed by atoms with Crippen LogP contribution in [0.4, 0.5) is 5.69 Å². The molecular formula is C21H29N3O2. The molecule has 2 amide bonds. The summed E-state index contributed by atoms with van der Waals surface area (Å²) in [5, 5.41) is 2.45. The summed E-state index contributed by atoms with van der Waals surface area (Å²) in [6.07, 6.45) is 8.00. The third-order valence-corrected chi connectivity index (χ3v) is 6.31. The van der Waals surface area contributed by atoms with Crippen molar-refractivity contribution in [3.63, 3.8) is 0 Å². The van der Waals surface area contributed by atoms with Crippen LogP contribution in [0.15, 0.2) is 24.3 Å². The van der Waals surface area contributed by atoms with Crippen LogP contribution in [-0.2, 0) is 9.59 Å². The third kappa shape index (κ3) is 3.78. The molecule has 3 aliphatic rings. The quantitative estimate of drug-likeness (QED) is 0.847. The standard InChI is InChI=1S/C21H29N3O2/c25-20-11-10-19(21(26)22-20)16-6-8-18(9-7-16)24-14-12-23(13-15-24)17-4-2-1-3-5-17/h6-9,17,19H,1-5,10-15H2,(H,22,25,26). The molecule has 1 saturated carbocycles. The predicted octanol–water partition coefficient (Wildman–Crippen LogP) is 2.66. The molecule has 1 unspecified atom stereocenters. The zero-order valence-electron chi connectivity index (χ0n) is 15.5. The van der Waals surface area contributed by atoms with Crippen molar-refractivity contribution in [2.45, 2.75) is 56.9 Å². The smallest absolute Gasteiger partial charge is 0.234 e. The van der Waals surface area contributed by atoms with Gasteiger partial charge in [0.1, 0.15) is 0 Å². The van der Waals surface area contributed by atoms with Gasteiger partial charge in [-0.05, 0) is 37.0 Å². The molecule has 26 heavy (non-hydrogen) atoms. The Bertz CT molecular complexity index is 644. The Balaban J connectivity index is 1.34. The molecule has 5 heteroatoms. The lowest BCUT2D eigenvalue weighted by molar-refractivity contribution is -0.134. The van der Waals surface area contributed by atoms with Gasteiger partial charge in [-0.1, -0.05) is 31.4 Å². The van der Waals surface area contributed by atoms with E-state index >= 15 is 0 Å². The molecule has 2 heterocycles. The second-order valence-corrected chi connectivity index (χ2v) is 7.91. The van der Waals surface area contributed by atoms with E-state index < -0.39 is 0 Å². The van der Waals surface area contributed by atoms with E-state index in [-0.39, 0.29) is 17.7 Å². The average Bonchev–Trinajstić information content (AvgIpc) is 2.69. The maximum atomic E-state index is 12.0. The van der Waals surface area contributed by atoms with Crippen molar-refractivity contribution in [2.24, 2.45) is 0 Å². The van der Waals surface area contributed by atoms with E-state index in [4.69, 9.17) is 0 Å². The number of piperazine rings is 1. The molecule has 2 saturated heterocycles. The number of anilines is 1. The van der Waals surface area contributed by atoms with Crippen LogP contribution in [0.2, 0.25) is 0 Å². The first kappa shape index (κ1) is 17.5. The SMILES string of the molecule is O=C1CCC(c2ccc(N3CCN(C4CCCCC4)CC3)cc2)C(=O)N1. The normalized spacial score (nSPS) is 26.0. The fraction of sp³-hybridized carbons (Fsp3) is 0.619. The van der Waals surface area contributed by atoms with Crippen molar-refractivity contribution in [3.8, 4) is 0 Å². The molecule has 4 rings (SSSR count). The molecule has 1 aliphatic carbocycles. The van der Waals surface area contributed by atoms with Crippen molar-refractivity contribution < 1.29 is 9.59 Å². The van der Waals surface area contributed by atoms with Gasteiger partial charge in [0.25, 0.3) is 0 Å². The molecule has 0 spiro atoms. The number of nitrogens with one attached hydrogen (secondary N) is 1. The fourth-order valence-electron chi connectivity index (χ4n) is 4.72. The molecule has 5 nitrogen and oxygen atoms in total. The lowest BCUT2D eigenvalue weighted by Gasteiger charge is -2.41. The molecule has 0 bridgehead atoms. The van der Waals surface area contributed by atoms with Crippen molar-refractivity contribution in [1.29, 1.82) is 0 Å². The minimum atomic E-state index is -0.190. The molecule has 2 aliphatic heterocycles. The summed E-state index contributed by atoms with van der Waals surface area (Å²) in [5.41, 5.74) is 2.25. The minimum Gasteiger partial charge on any atom is -0.369 e. The summed E-state index contributed by atoms with van der Waals surface area (Å²) in [4.78, 5) is 28.5. The predicted molar refractivity (Wildman–Crippen MR) is 102 cm³/mol. The summed E-state index contributed by atoms with van der Waals surface area (Å²) in [6, 6.07) is 9.19. The van der Waals surface area contributed by atoms with Gasteiger partial charge in [0.05, 0.1) is 5.92 Å². The maximum Gasteiger partial charge on any atom is 0.234 e. The van der Waals surface area contributed by atoms with Gasteiger partial charge >= 0.3 is 0 Å².